The van der Waals surface area contributed by atoms with Gasteiger partial charge in [-0.1, -0.05) is 13.8 Å². The first-order chi connectivity index (χ1) is 6.36. The monoisotopic (exact) mass is 181 g/mol. The second kappa shape index (κ2) is 5.75. The summed E-state index contributed by atoms with van der Waals surface area (Å²) in [6, 6.07) is 0. The van der Waals surface area contributed by atoms with E-state index in [0.717, 1.165) is 25.5 Å². The number of imidazole rings is 1. The van der Waals surface area contributed by atoms with Crippen molar-refractivity contribution in [2.24, 2.45) is 0 Å². The van der Waals surface area contributed by atoms with E-state index >= 15 is 0 Å². The Kier molecular flexibility index (Phi) is 4.54. The first-order valence-corrected chi connectivity index (χ1v) is 5.07. The van der Waals surface area contributed by atoms with Gasteiger partial charge in [0, 0.05) is 12.4 Å². The SMILES string of the molecule is CCCN(CCC)Cc1ncc[nH]1. The predicted molar refractivity (Wildman–Crippen MR) is 54.4 cm³/mol. The zero-order valence-electron chi connectivity index (χ0n) is 8.58. The molecule has 1 rings (SSSR count). The van der Waals surface area contributed by atoms with Crippen molar-refractivity contribution >= 4 is 0 Å². The van der Waals surface area contributed by atoms with Crippen LogP contribution in [0.4, 0.5) is 0 Å². The van der Waals surface area contributed by atoms with Crippen molar-refractivity contribution in [2.45, 2.75) is 33.2 Å². The van der Waals surface area contributed by atoms with Crippen LogP contribution in [0.1, 0.15) is 32.5 Å². The minimum absolute atomic E-state index is 0.953. The number of rotatable bonds is 6. The van der Waals surface area contributed by atoms with Crippen molar-refractivity contribution in [3.8, 4) is 0 Å². The summed E-state index contributed by atoms with van der Waals surface area (Å²) < 4.78 is 0. The second-order valence-electron chi connectivity index (χ2n) is 3.31. The molecule has 1 N–H and O–H groups in total. The van der Waals surface area contributed by atoms with Gasteiger partial charge in [-0.2, -0.15) is 0 Å². The third kappa shape index (κ3) is 3.59. The van der Waals surface area contributed by atoms with Gasteiger partial charge in [-0.15, -0.1) is 0 Å². The largest absolute Gasteiger partial charge is 0.348 e. The number of nitrogens with zero attached hydrogens (tertiary/aromatic N) is 2. The summed E-state index contributed by atoms with van der Waals surface area (Å²) in [4.78, 5) is 9.78. The molecule has 0 saturated carbocycles. The zero-order valence-corrected chi connectivity index (χ0v) is 8.58. The number of hydrogen-bond donors (Lipinski definition) is 1. The van der Waals surface area contributed by atoms with Gasteiger partial charge in [-0.3, -0.25) is 4.90 Å². The molecule has 1 aromatic heterocycles. The minimum atomic E-state index is 0.953. The van der Waals surface area contributed by atoms with Crippen molar-refractivity contribution in [2.75, 3.05) is 13.1 Å². The average molecular weight is 181 g/mol. The maximum atomic E-state index is 4.22. The van der Waals surface area contributed by atoms with Gasteiger partial charge in [-0.25, -0.2) is 4.98 Å². The molecule has 1 aromatic rings. The van der Waals surface area contributed by atoms with Gasteiger partial charge in [0.1, 0.15) is 5.82 Å². The first kappa shape index (κ1) is 10.3. The molecule has 13 heavy (non-hydrogen) atoms. The van der Waals surface area contributed by atoms with Crippen molar-refractivity contribution in [3.05, 3.63) is 18.2 Å². The van der Waals surface area contributed by atoms with Crippen LogP contribution in [0.2, 0.25) is 0 Å². The molecule has 3 nitrogen and oxygen atoms in total. The quantitative estimate of drug-likeness (QED) is 0.728. The Morgan fingerprint density at radius 3 is 2.46 bits per heavy atom. The fraction of sp³-hybridized carbons (Fsp3) is 0.700. The van der Waals surface area contributed by atoms with E-state index in [1.54, 1.807) is 0 Å². The van der Waals surface area contributed by atoms with Crippen LogP contribution in [-0.2, 0) is 6.54 Å². The lowest BCUT2D eigenvalue weighted by atomic mass is 10.3. The Hall–Kier alpha value is -0.830. The molecule has 1 heterocycles. The van der Waals surface area contributed by atoms with E-state index in [1.165, 1.54) is 12.8 Å². The van der Waals surface area contributed by atoms with E-state index in [9.17, 15) is 0 Å². The number of aromatic amines is 1. The van der Waals surface area contributed by atoms with Crippen molar-refractivity contribution in [3.63, 3.8) is 0 Å². The molecule has 0 aromatic carbocycles. The Labute approximate surface area is 80.2 Å². The maximum absolute atomic E-state index is 4.22. The van der Waals surface area contributed by atoms with Crippen LogP contribution in [0.25, 0.3) is 0 Å². The van der Waals surface area contributed by atoms with Gasteiger partial charge >= 0.3 is 0 Å². The fourth-order valence-electron chi connectivity index (χ4n) is 1.50. The smallest absolute Gasteiger partial charge is 0.120 e. The molecule has 0 bridgehead atoms. The Balaban J connectivity index is 2.37. The number of H-pyrrole nitrogens is 1. The number of aromatic nitrogens is 2. The minimum Gasteiger partial charge on any atom is -0.348 e. The maximum Gasteiger partial charge on any atom is 0.120 e. The summed E-state index contributed by atoms with van der Waals surface area (Å²) in [6.45, 7) is 7.70. The van der Waals surface area contributed by atoms with E-state index in [4.69, 9.17) is 0 Å². The summed E-state index contributed by atoms with van der Waals surface area (Å²) in [5.41, 5.74) is 0. The van der Waals surface area contributed by atoms with Gasteiger partial charge in [0.25, 0.3) is 0 Å². The third-order valence-electron chi connectivity index (χ3n) is 2.01. The molecule has 3 heteroatoms. The van der Waals surface area contributed by atoms with Crippen LogP contribution in [0.15, 0.2) is 12.4 Å². The fourth-order valence-corrected chi connectivity index (χ4v) is 1.50. The predicted octanol–water partition coefficient (Wildman–Crippen LogP) is 2.03. The molecule has 0 aliphatic rings. The van der Waals surface area contributed by atoms with Crippen LogP contribution < -0.4 is 0 Å². The van der Waals surface area contributed by atoms with Crippen LogP contribution in [-0.4, -0.2) is 28.0 Å². The van der Waals surface area contributed by atoms with Gasteiger partial charge in [0.2, 0.25) is 0 Å². The lowest BCUT2D eigenvalue weighted by Gasteiger charge is -2.19. The standard InChI is InChI=1S/C10H19N3/c1-3-7-13(8-4-2)9-10-11-5-6-12-10/h5-6H,3-4,7-9H2,1-2H3,(H,11,12). The molecular weight excluding hydrogens is 162 g/mol. The highest BCUT2D eigenvalue weighted by atomic mass is 15.1. The van der Waals surface area contributed by atoms with Crippen molar-refractivity contribution < 1.29 is 0 Å². The van der Waals surface area contributed by atoms with Crippen LogP contribution in [0.5, 0.6) is 0 Å². The summed E-state index contributed by atoms with van der Waals surface area (Å²) >= 11 is 0. The van der Waals surface area contributed by atoms with Gasteiger partial charge in [-0.05, 0) is 25.9 Å². The summed E-state index contributed by atoms with van der Waals surface area (Å²) in [5.74, 6) is 1.07. The molecule has 0 unspecified atom stereocenters. The van der Waals surface area contributed by atoms with Crippen LogP contribution in [0.3, 0.4) is 0 Å². The highest BCUT2D eigenvalue weighted by molar-refractivity contribution is 4.86. The second-order valence-corrected chi connectivity index (χ2v) is 3.31. The summed E-state index contributed by atoms with van der Waals surface area (Å²) in [7, 11) is 0. The third-order valence-corrected chi connectivity index (χ3v) is 2.01. The van der Waals surface area contributed by atoms with E-state index in [0.29, 0.717) is 0 Å². The van der Waals surface area contributed by atoms with E-state index in [2.05, 4.69) is 28.7 Å². The molecular formula is C10H19N3. The average Bonchev–Trinajstić information content (AvgIpc) is 2.58. The van der Waals surface area contributed by atoms with Crippen LogP contribution >= 0.6 is 0 Å². The molecule has 0 radical (unpaired) electrons. The Morgan fingerprint density at radius 1 is 1.31 bits per heavy atom. The van der Waals surface area contributed by atoms with Gasteiger partial charge in [0.05, 0.1) is 6.54 Å². The molecule has 0 saturated heterocycles. The highest BCUT2D eigenvalue weighted by Gasteiger charge is 2.04. The first-order valence-electron chi connectivity index (χ1n) is 5.07. The van der Waals surface area contributed by atoms with E-state index in [1.807, 2.05) is 12.4 Å². The lowest BCUT2D eigenvalue weighted by molar-refractivity contribution is 0.261. The van der Waals surface area contributed by atoms with E-state index < -0.39 is 0 Å². The molecule has 0 amide bonds. The summed E-state index contributed by atoms with van der Waals surface area (Å²) in [5, 5.41) is 0. The van der Waals surface area contributed by atoms with Crippen molar-refractivity contribution in [1.82, 2.24) is 14.9 Å². The molecule has 0 aliphatic carbocycles. The number of nitrogens with one attached hydrogen (secondary N) is 1. The van der Waals surface area contributed by atoms with Gasteiger partial charge < -0.3 is 4.98 Å². The molecule has 74 valence electrons. The Bertz CT molecular complexity index is 200. The highest BCUT2D eigenvalue weighted by Crippen LogP contribution is 2.00. The molecule has 0 atom stereocenters. The molecule has 0 spiro atoms. The van der Waals surface area contributed by atoms with E-state index in [-0.39, 0.29) is 0 Å². The molecule has 0 fully saturated rings. The van der Waals surface area contributed by atoms with Crippen molar-refractivity contribution in [1.29, 1.82) is 0 Å². The Morgan fingerprint density at radius 2 is 2.00 bits per heavy atom. The number of hydrogen-bond acceptors (Lipinski definition) is 2. The summed E-state index contributed by atoms with van der Waals surface area (Å²) in [6.07, 6.45) is 6.11. The lowest BCUT2D eigenvalue weighted by Crippen LogP contribution is -2.25. The molecule has 0 aliphatic heterocycles. The van der Waals surface area contributed by atoms with Crippen LogP contribution in [0, 0.1) is 0 Å². The van der Waals surface area contributed by atoms with Gasteiger partial charge in [0.15, 0.2) is 0 Å². The topological polar surface area (TPSA) is 31.9 Å². The normalized spacial score (nSPS) is 11.0. The zero-order chi connectivity index (χ0) is 9.52.